The van der Waals surface area contributed by atoms with Gasteiger partial charge in [-0.05, 0) is 42.5 Å². The molecule has 1 aromatic rings. The van der Waals surface area contributed by atoms with Crippen LogP contribution < -0.4 is 17.2 Å². The Morgan fingerprint density at radius 3 is 2.52 bits per heavy atom. The van der Waals surface area contributed by atoms with Crippen molar-refractivity contribution in [3.63, 3.8) is 0 Å². The summed E-state index contributed by atoms with van der Waals surface area (Å²) in [6.07, 6.45) is 4.02. The highest BCUT2D eigenvalue weighted by molar-refractivity contribution is 5.84. The molecule has 0 aliphatic heterocycles. The van der Waals surface area contributed by atoms with Crippen LogP contribution in [0.4, 0.5) is 8.78 Å². The van der Waals surface area contributed by atoms with Crippen molar-refractivity contribution in [3.05, 3.63) is 47.0 Å². The van der Waals surface area contributed by atoms with Gasteiger partial charge >= 0.3 is 0 Å². The van der Waals surface area contributed by atoms with Crippen LogP contribution in [0, 0.1) is 18.8 Å². The lowest BCUT2D eigenvalue weighted by molar-refractivity contribution is -0.0132. The van der Waals surface area contributed by atoms with Gasteiger partial charge in [-0.1, -0.05) is 37.3 Å². The lowest BCUT2D eigenvalue weighted by atomic mass is 9.70. The van der Waals surface area contributed by atoms with E-state index in [0.717, 1.165) is 11.1 Å². The number of halogens is 2. The molecule has 150 valence electrons. The molecule has 0 radical (unpaired) electrons. The Hall–Kier alpha value is -1.79. The lowest BCUT2D eigenvalue weighted by Crippen LogP contribution is -2.45. The quantitative estimate of drug-likeness (QED) is 0.387. The van der Waals surface area contributed by atoms with Crippen LogP contribution in [0.1, 0.15) is 42.4 Å². The summed E-state index contributed by atoms with van der Waals surface area (Å²) in [4.78, 5) is 4.14. The molecule has 0 heterocycles. The van der Waals surface area contributed by atoms with Crippen LogP contribution in [0.25, 0.3) is 0 Å². The van der Waals surface area contributed by atoms with Crippen LogP contribution in [0.5, 0.6) is 0 Å². The molecule has 0 fully saturated rings. The molecule has 1 aromatic carbocycles. The van der Waals surface area contributed by atoms with Crippen molar-refractivity contribution in [2.75, 3.05) is 13.6 Å². The Labute approximate surface area is 160 Å². The SMILES string of the molecule is CN=C(N)C1C(N)C=CC(c2ccc(CCC(F)(F)CCN)cc2C)C1C. The fourth-order valence-electron chi connectivity index (χ4n) is 4.05. The van der Waals surface area contributed by atoms with E-state index in [-0.39, 0.29) is 43.2 Å². The summed E-state index contributed by atoms with van der Waals surface area (Å²) >= 11 is 0. The van der Waals surface area contributed by atoms with Crippen molar-refractivity contribution in [1.82, 2.24) is 0 Å². The Balaban J connectivity index is 2.19. The minimum absolute atomic E-state index is 0.00433. The van der Waals surface area contributed by atoms with Gasteiger partial charge in [-0.25, -0.2) is 8.78 Å². The fraction of sp³-hybridized carbons (Fsp3) is 0.571. The highest BCUT2D eigenvalue weighted by Gasteiger charge is 2.35. The largest absolute Gasteiger partial charge is 0.387 e. The second-order valence-corrected chi connectivity index (χ2v) is 7.61. The molecule has 4 nitrogen and oxygen atoms in total. The summed E-state index contributed by atoms with van der Waals surface area (Å²) in [5, 5.41) is 0. The van der Waals surface area contributed by atoms with Crippen molar-refractivity contribution in [3.8, 4) is 0 Å². The predicted octanol–water partition coefficient (Wildman–Crippen LogP) is 3.13. The molecule has 0 saturated carbocycles. The second-order valence-electron chi connectivity index (χ2n) is 7.61. The number of aryl methyl sites for hydroxylation is 2. The van der Waals surface area contributed by atoms with E-state index in [9.17, 15) is 8.78 Å². The minimum atomic E-state index is -2.71. The number of rotatable bonds is 7. The van der Waals surface area contributed by atoms with E-state index in [0.29, 0.717) is 12.3 Å². The van der Waals surface area contributed by atoms with E-state index in [1.54, 1.807) is 7.05 Å². The van der Waals surface area contributed by atoms with Gasteiger partial charge in [0.1, 0.15) is 0 Å². The number of benzene rings is 1. The Bertz CT molecular complexity index is 699. The highest BCUT2D eigenvalue weighted by Crippen LogP contribution is 2.38. The molecule has 1 aliphatic carbocycles. The van der Waals surface area contributed by atoms with Crippen LogP contribution in [0.15, 0.2) is 35.3 Å². The van der Waals surface area contributed by atoms with Crippen molar-refractivity contribution in [2.24, 2.45) is 34.0 Å². The topological polar surface area (TPSA) is 90.4 Å². The fourth-order valence-corrected chi connectivity index (χ4v) is 4.05. The first-order valence-electron chi connectivity index (χ1n) is 9.53. The Kier molecular flexibility index (Phi) is 7.12. The molecule has 0 saturated heterocycles. The third kappa shape index (κ3) is 5.14. The molecule has 27 heavy (non-hydrogen) atoms. The molecule has 0 amide bonds. The standard InChI is InChI=1S/C21H32F2N4/c1-13-12-15(8-9-21(22,23)10-11-24)4-5-16(13)17-6-7-18(25)19(14(17)2)20(26)27-3/h4-7,12,14,17-19H,8-11,24-25H2,1-3H3,(H2,26,27). The highest BCUT2D eigenvalue weighted by atomic mass is 19.3. The van der Waals surface area contributed by atoms with Crippen LogP contribution >= 0.6 is 0 Å². The van der Waals surface area contributed by atoms with Gasteiger partial charge in [-0.15, -0.1) is 0 Å². The van der Waals surface area contributed by atoms with Gasteiger partial charge in [0, 0.05) is 37.8 Å². The minimum Gasteiger partial charge on any atom is -0.387 e. The summed E-state index contributed by atoms with van der Waals surface area (Å²) in [5.41, 5.74) is 20.8. The lowest BCUT2D eigenvalue weighted by Gasteiger charge is -2.36. The summed E-state index contributed by atoms with van der Waals surface area (Å²) in [5.74, 6) is -1.78. The van der Waals surface area contributed by atoms with E-state index in [1.807, 2.05) is 31.2 Å². The molecule has 0 spiro atoms. The first-order chi connectivity index (χ1) is 12.7. The van der Waals surface area contributed by atoms with Crippen molar-refractivity contribution in [1.29, 1.82) is 0 Å². The molecule has 2 rings (SSSR count). The third-order valence-electron chi connectivity index (χ3n) is 5.67. The van der Waals surface area contributed by atoms with Gasteiger partial charge in [-0.3, -0.25) is 4.99 Å². The number of aliphatic imine (C=N–C) groups is 1. The Morgan fingerprint density at radius 2 is 1.93 bits per heavy atom. The van der Waals surface area contributed by atoms with E-state index >= 15 is 0 Å². The maximum Gasteiger partial charge on any atom is 0.249 e. The van der Waals surface area contributed by atoms with Gasteiger partial charge in [0.2, 0.25) is 5.92 Å². The molecule has 0 bridgehead atoms. The number of allylic oxidation sites excluding steroid dienone is 1. The monoisotopic (exact) mass is 378 g/mol. The average Bonchev–Trinajstić information content (AvgIpc) is 2.61. The summed E-state index contributed by atoms with van der Waals surface area (Å²) in [7, 11) is 1.68. The zero-order valence-corrected chi connectivity index (χ0v) is 16.5. The maximum atomic E-state index is 13.7. The third-order valence-corrected chi connectivity index (χ3v) is 5.67. The van der Waals surface area contributed by atoms with E-state index < -0.39 is 5.92 Å². The summed E-state index contributed by atoms with van der Waals surface area (Å²) in [6, 6.07) is 5.85. The van der Waals surface area contributed by atoms with E-state index in [2.05, 4.69) is 18.0 Å². The van der Waals surface area contributed by atoms with Crippen LogP contribution in [-0.2, 0) is 6.42 Å². The number of nitrogens with zero attached hydrogens (tertiary/aromatic N) is 1. The van der Waals surface area contributed by atoms with Crippen LogP contribution in [0.2, 0.25) is 0 Å². The van der Waals surface area contributed by atoms with Crippen LogP contribution in [0.3, 0.4) is 0 Å². The van der Waals surface area contributed by atoms with E-state index in [4.69, 9.17) is 17.2 Å². The molecule has 4 atom stereocenters. The van der Waals surface area contributed by atoms with Crippen molar-refractivity contribution in [2.45, 2.75) is 51.0 Å². The normalized spacial score (nSPS) is 26.4. The summed E-state index contributed by atoms with van der Waals surface area (Å²) < 4.78 is 27.4. The molecule has 1 aliphatic rings. The smallest absolute Gasteiger partial charge is 0.249 e. The van der Waals surface area contributed by atoms with Gasteiger partial charge in [-0.2, -0.15) is 0 Å². The van der Waals surface area contributed by atoms with E-state index in [1.165, 1.54) is 5.56 Å². The number of alkyl halides is 2. The number of hydrogen-bond donors (Lipinski definition) is 3. The van der Waals surface area contributed by atoms with Gasteiger partial charge in [0.15, 0.2) is 0 Å². The second kappa shape index (κ2) is 8.93. The number of hydrogen-bond acceptors (Lipinski definition) is 3. The first kappa shape index (κ1) is 21.5. The van der Waals surface area contributed by atoms with Gasteiger partial charge < -0.3 is 17.2 Å². The average molecular weight is 379 g/mol. The van der Waals surface area contributed by atoms with Crippen molar-refractivity contribution < 1.29 is 8.78 Å². The maximum absolute atomic E-state index is 13.7. The zero-order valence-electron chi connectivity index (χ0n) is 16.5. The molecule has 6 heteroatoms. The van der Waals surface area contributed by atoms with Gasteiger partial charge in [0.05, 0.1) is 5.84 Å². The predicted molar refractivity (Wildman–Crippen MR) is 108 cm³/mol. The Morgan fingerprint density at radius 1 is 1.22 bits per heavy atom. The number of amidine groups is 1. The molecular formula is C21H32F2N4. The van der Waals surface area contributed by atoms with Crippen molar-refractivity contribution >= 4 is 5.84 Å². The molecule has 6 N–H and O–H groups in total. The number of nitrogens with two attached hydrogens (primary N) is 3. The first-order valence-corrected chi connectivity index (χ1v) is 9.53. The van der Waals surface area contributed by atoms with Crippen LogP contribution in [-0.4, -0.2) is 31.4 Å². The molecular weight excluding hydrogens is 346 g/mol. The molecule has 0 aromatic heterocycles. The summed E-state index contributed by atoms with van der Waals surface area (Å²) in [6.45, 7) is 4.17. The molecule has 4 unspecified atom stereocenters. The van der Waals surface area contributed by atoms with Gasteiger partial charge in [0.25, 0.3) is 0 Å². The zero-order chi connectivity index (χ0) is 20.2.